The Balaban J connectivity index is 0. The van der Waals surface area contributed by atoms with E-state index in [0.717, 1.165) is 0 Å². The van der Waals surface area contributed by atoms with Crippen LogP contribution in [0.1, 0.15) is 0 Å². The first-order valence-corrected chi connectivity index (χ1v) is 0. The van der Waals surface area contributed by atoms with Gasteiger partial charge in [-0.3, -0.25) is 0 Å². The molecule has 4 heavy (non-hydrogen) atoms. The Kier molecular flexibility index (Phi) is 200. The van der Waals surface area contributed by atoms with Crippen LogP contribution in [-0.4, -0.2) is 46.7 Å². The van der Waals surface area contributed by atoms with E-state index in [4.69, 9.17) is 0 Å². The molecule has 0 amide bonds. The zero-order valence-corrected chi connectivity index (χ0v) is 4.17. The fourth-order valence-corrected chi connectivity index (χ4v) is 0. The Bertz CT molecular complexity index is 8.00. The molecule has 0 aliphatic rings. The van der Waals surface area contributed by atoms with Crippen molar-refractivity contribution >= 4 is 41.3 Å². The molecule has 2 N–H and O–H groups in total. The SMILES string of the molecule is O.[AlH3].[SnH4].[Zn]. The van der Waals surface area contributed by atoms with Gasteiger partial charge in [0.15, 0.2) is 17.4 Å². The van der Waals surface area contributed by atoms with E-state index >= 15 is 0 Å². The molecule has 4 heteroatoms. The molecular weight excluding hydrogens is 227 g/mol. The van der Waals surface area contributed by atoms with Crippen LogP contribution in [0.4, 0.5) is 0 Å². The molecule has 0 rings (SSSR count). The van der Waals surface area contributed by atoms with Crippen molar-refractivity contribution in [2.75, 3.05) is 0 Å². The van der Waals surface area contributed by atoms with Crippen molar-refractivity contribution in [1.82, 2.24) is 0 Å². The van der Waals surface area contributed by atoms with Gasteiger partial charge in [-0.05, 0) is 0 Å². The molecule has 0 aliphatic carbocycles. The van der Waals surface area contributed by atoms with Crippen molar-refractivity contribution in [1.29, 1.82) is 0 Å². The third kappa shape index (κ3) is 9.07. The maximum absolute atomic E-state index is 0. The summed E-state index contributed by atoms with van der Waals surface area (Å²) < 4.78 is 0. The van der Waals surface area contributed by atoms with Crippen molar-refractivity contribution in [3.63, 3.8) is 0 Å². The molecule has 0 unspecified atom stereocenters. The van der Waals surface area contributed by atoms with Crippen LogP contribution < -0.4 is 0 Å². The van der Waals surface area contributed by atoms with Crippen molar-refractivity contribution < 1.29 is 25.0 Å². The maximum atomic E-state index is 0. The van der Waals surface area contributed by atoms with Gasteiger partial charge < -0.3 is 5.48 Å². The van der Waals surface area contributed by atoms with E-state index in [-0.39, 0.29) is 66.2 Å². The summed E-state index contributed by atoms with van der Waals surface area (Å²) in [5, 5.41) is 0. The summed E-state index contributed by atoms with van der Waals surface area (Å²) in [4.78, 5) is 0. The van der Waals surface area contributed by atoms with Gasteiger partial charge in [0.25, 0.3) is 0 Å². The molecule has 0 spiro atoms. The molecule has 0 atom stereocenters. The van der Waals surface area contributed by atoms with Gasteiger partial charge in [0.05, 0.1) is 0 Å². The molecule has 0 aromatic heterocycles. The molecule has 0 aromatic carbocycles. The van der Waals surface area contributed by atoms with Gasteiger partial charge in [-0.1, -0.05) is 0 Å². The Labute approximate surface area is 65.7 Å². The largest absolute Gasteiger partial charge is 0 e. The maximum Gasteiger partial charge on any atom is 0 e. The number of rotatable bonds is 0. The second kappa shape index (κ2) is 20.5. The summed E-state index contributed by atoms with van der Waals surface area (Å²) in [6.07, 6.45) is 0. The van der Waals surface area contributed by atoms with E-state index in [1.165, 1.54) is 0 Å². The molecule has 24 valence electrons. The zero-order valence-electron chi connectivity index (χ0n) is 1.21. The topological polar surface area (TPSA) is 31.5 Å². The normalized spacial score (nSPS) is 0. The minimum atomic E-state index is 0. The van der Waals surface area contributed by atoms with Gasteiger partial charge in [-0.2, -0.15) is 0 Å². The van der Waals surface area contributed by atoms with Crippen LogP contribution >= 0.6 is 0 Å². The molecule has 0 heterocycles. The second-order valence-corrected chi connectivity index (χ2v) is 0. The van der Waals surface area contributed by atoms with Gasteiger partial charge in [-0.15, -0.1) is 0 Å². The summed E-state index contributed by atoms with van der Waals surface area (Å²) in [5.41, 5.74) is 0. The van der Waals surface area contributed by atoms with Crippen molar-refractivity contribution in [3.05, 3.63) is 0 Å². The molecule has 0 bridgehead atoms. The molecule has 0 radical (unpaired) electrons. The van der Waals surface area contributed by atoms with Gasteiger partial charge in [0.2, 0.25) is 0 Å². The number of hydrogen-bond acceptors (Lipinski definition) is 0. The van der Waals surface area contributed by atoms with E-state index < -0.39 is 0 Å². The fraction of sp³-hybridized carbons (Fsp3) is 0. The third-order valence-corrected chi connectivity index (χ3v) is 0. The predicted octanol–water partition coefficient (Wildman–Crippen LogP) is -3.46. The van der Waals surface area contributed by atoms with E-state index in [0.29, 0.717) is 0 Å². The van der Waals surface area contributed by atoms with Crippen molar-refractivity contribution in [3.8, 4) is 0 Å². The predicted molar refractivity (Wildman–Crippen MR) is 24.9 cm³/mol. The van der Waals surface area contributed by atoms with Gasteiger partial charge in [0, 0.05) is 19.5 Å². The molecular formula is H9AlOSnZn. The number of hydrogen-bond donors (Lipinski definition) is 0. The molecule has 1 nitrogen and oxygen atoms in total. The Morgan fingerprint density at radius 1 is 1.00 bits per heavy atom. The summed E-state index contributed by atoms with van der Waals surface area (Å²) in [6.45, 7) is 0. The van der Waals surface area contributed by atoms with Crippen LogP contribution in [0.5, 0.6) is 0 Å². The molecule has 0 aliphatic heterocycles. The van der Waals surface area contributed by atoms with Gasteiger partial charge in [0.1, 0.15) is 0 Å². The van der Waals surface area contributed by atoms with E-state index in [2.05, 4.69) is 0 Å². The summed E-state index contributed by atoms with van der Waals surface area (Å²) in [5.74, 6) is 0. The smallest absolute Gasteiger partial charge is 0 e. The van der Waals surface area contributed by atoms with Crippen LogP contribution in [0.3, 0.4) is 0 Å². The Morgan fingerprint density at radius 3 is 1.00 bits per heavy atom. The molecule has 0 saturated carbocycles. The van der Waals surface area contributed by atoms with Crippen LogP contribution in [0, 0.1) is 0 Å². The third-order valence-electron chi connectivity index (χ3n) is 0. The summed E-state index contributed by atoms with van der Waals surface area (Å²) in [7, 11) is 0. The molecule has 0 fully saturated rings. The average molecular weight is 236 g/mol. The first-order chi connectivity index (χ1) is 0. The quantitative estimate of drug-likeness (QED) is 0.392. The van der Waals surface area contributed by atoms with Crippen LogP contribution in [0.2, 0.25) is 0 Å². The van der Waals surface area contributed by atoms with Crippen LogP contribution in [0.15, 0.2) is 0 Å². The van der Waals surface area contributed by atoms with Crippen molar-refractivity contribution in [2.24, 2.45) is 0 Å². The molecule has 0 saturated heterocycles. The first-order valence-electron chi connectivity index (χ1n) is 0. The Hall–Kier alpha value is 1.91. The summed E-state index contributed by atoms with van der Waals surface area (Å²) in [6, 6.07) is 0. The van der Waals surface area contributed by atoms with Crippen LogP contribution in [-0.2, 0) is 19.5 Å². The average Bonchev–Trinajstić information content (AvgIpc) is 0. The van der Waals surface area contributed by atoms with E-state index in [9.17, 15) is 0 Å². The summed E-state index contributed by atoms with van der Waals surface area (Å²) >= 11 is 0. The monoisotopic (exact) mass is 236 g/mol. The zero-order chi connectivity index (χ0) is 0. The first kappa shape index (κ1) is 39.0. The van der Waals surface area contributed by atoms with Crippen LogP contribution in [0.25, 0.3) is 0 Å². The standard InChI is InChI=1S/Al.H2O.Sn.Zn.7H/h;1H2;;;;;;;;;. The fourth-order valence-electron chi connectivity index (χ4n) is 0. The van der Waals surface area contributed by atoms with E-state index in [1.807, 2.05) is 0 Å². The van der Waals surface area contributed by atoms with Gasteiger partial charge in [-0.25, -0.2) is 0 Å². The minimum Gasteiger partial charge on any atom is 0 e. The molecule has 0 aromatic rings. The minimum absolute atomic E-state index is 0. The van der Waals surface area contributed by atoms with Gasteiger partial charge >= 0.3 is 23.9 Å². The van der Waals surface area contributed by atoms with E-state index in [1.54, 1.807) is 0 Å². The van der Waals surface area contributed by atoms with Crippen molar-refractivity contribution in [2.45, 2.75) is 0 Å². The Morgan fingerprint density at radius 2 is 1.00 bits per heavy atom. The second-order valence-electron chi connectivity index (χ2n) is 0.